The van der Waals surface area contributed by atoms with Gasteiger partial charge in [0, 0.05) is 44.3 Å². The van der Waals surface area contributed by atoms with Crippen molar-refractivity contribution in [1.82, 2.24) is 14.5 Å². The summed E-state index contributed by atoms with van der Waals surface area (Å²) < 4.78 is 8.90. The first-order chi connectivity index (χ1) is 23.2. The maximum atomic E-state index is 9.56. The fourth-order valence-corrected chi connectivity index (χ4v) is 7.04. The Morgan fingerprint density at radius 3 is 2.26 bits per heavy atom. The first-order valence-electron chi connectivity index (χ1n) is 15.8. The van der Waals surface area contributed by atoms with Crippen molar-refractivity contribution in [3.05, 3.63) is 151 Å². The molecule has 0 saturated carbocycles. The van der Waals surface area contributed by atoms with Gasteiger partial charge in [-0.2, -0.15) is 5.26 Å². The molecule has 222 valence electrons. The number of furan rings is 1. The molecule has 0 spiro atoms. The second-order valence-electron chi connectivity index (χ2n) is 12.2. The van der Waals surface area contributed by atoms with Gasteiger partial charge in [-0.25, -0.2) is 9.97 Å². The summed E-state index contributed by atoms with van der Waals surface area (Å²) in [6, 6.07) is 43.3. The topological polar surface area (TPSA) is 67.6 Å². The van der Waals surface area contributed by atoms with Crippen molar-refractivity contribution < 1.29 is 4.42 Å². The van der Waals surface area contributed by atoms with E-state index in [1.165, 1.54) is 10.8 Å². The molecule has 2 atom stereocenters. The number of hydrogen-bond donors (Lipinski definition) is 0. The maximum absolute atomic E-state index is 9.56. The number of nitriles is 1. The second-order valence-corrected chi connectivity index (χ2v) is 12.2. The van der Waals surface area contributed by atoms with Gasteiger partial charge in [0.1, 0.15) is 11.4 Å². The van der Waals surface area contributed by atoms with Gasteiger partial charge in [0.25, 0.3) is 0 Å². The summed E-state index contributed by atoms with van der Waals surface area (Å²) in [5, 5.41) is 14.2. The smallest absolute Gasteiger partial charge is 0.160 e. The third-order valence-electron chi connectivity index (χ3n) is 9.31. The van der Waals surface area contributed by atoms with E-state index in [1.54, 1.807) is 0 Å². The molecule has 0 bridgehead atoms. The number of benzene rings is 5. The molecule has 1 aliphatic rings. The normalized spacial score (nSPS) is 16.2. The Kier molecular flexibility index (Phi) is 6.16. The average molecular weight is 605 g/mol. The van der Waals surface area contributed by atoms with E-state index in [-0.39, 0.29) is 11.8 Å². The second kappa shape index (κ2) is 10.7. The monoisotopic (exact) mass is 604 g/mol. The molecule has 3 heterocycles. The van der Waals surface area contributed by atoms with Crippen molar-refractivity contribution >= 4 is 49.4 Å². The van der Waals surface area contributed by atoms with Crippen LogP contribution < -0.4 is 0 Å². The van der Waals surface area contributed by atoms with Gasteiger partial charge in [-0.1, -0.05) is 104 Å². The zero-order chi connectivity index (χ0) is 31.5. The molecular weight excluding hydrogens is 576 g/mol. The van der Waals surface area contributed by atoms with E-state index >= 15 is 0 Å². The Hall–Kier alpha value is -6.25. The van der Waals surface area contributed by atoms with Gasteiger partial charge in [-0.3, -0.25) is 0 Å². The number of para-hydroxylation sites is 2. The summed E-state index contributed by atoms with van der Waals surface area (Å²) in [6.45, 7) is 2.23. The molecule has 0 aliphatic heterocycles. The lowest BCUT2D eigenvalue weighted by Gasteiger charge is -2.24. The van der Waals surface area contributed by atoms with Crippen LogP contribution in [0.15, 0.2) is 144 Å². The molecule has 0 N–H and O–H groups in total. The average Bonchev–Trinajstić information content (AvgIpc) is 3.68. The quantitative estimate of drug-likeness (QED) is 0.200. The van der Waals surface area contributed by atoms with E-state index in [9.17, 15) is 5.26 Å². The number of hydrogen-bond acceptors (Lipinski definition) is 4. The van der Waals surface area contributed by atoms with Crippen molar-refractivity contribution in [2.24, 2.45) is 5.92 Å². The first-order valence-corrected chi connectivity index (χ1v) is 15.8. The number of aromatic nitrogens is 3. The lowest BCUT2D eigenvalue weighted by atomic mass is 9.87. The summed E-state index contributed by atoms with van der Waals surface area (Å²) in [5.41, 5.74) is 9.27. The van der Waals surface area contributed by atoms with E-state index in [1.807, 2.05) is 60.7 Å². The van der Waals surface area contributed by atoms with Gasteiger partial charge < -0.3 is 8.98 Å². The molecule has 0 saturated heterocycles. The van der Waals surface area contributed by atoms with Crippen molar-refractivity contribution in [2.75, 3.05) is 0 Å². The van der Waals surface area contributed by atoms with Crippen molar-refractivity contribution in [3.63, 3.8) is 0 Å². The molecule has 0 amide bonds. The van der Waals surface area contributed by atoms with Gasteiger partial charge in [-0.15, -0.1) is 0 Å². The highest BCUT2D eigenvalue weighted by Crippen LogP contribution is 2.42. The number of allylic oxidation sites excluding steroid dienone is 4. The summed E-state index contributed by atoms with van der Waals surface area (Å²) in [5.74, 6) is 0.815. The molecule has 8 aromatic rings. The summed E-state index contributed by atoms with van der Waals surface area (Å²) >= 11 is 0. The number of nitrogens with zero attached hydrogens (tertiary/aromatic N) is 4. The molecule has 0 radical (unpaired) electrons. The third kappa shape index (κ3) is 4.38. The SMILES string of the molecule is CC1C=C(n2c3ccccc3c3ccc4c5ccccc5oc4c32)C=CC1c1nc(-c2ccccc2)cc(-c2cccc(C#N)c2)n1. The predicted molar refractivity (Wildman–Crippen MR) is 190 cm³/mol. The first kappa shape index (κ1) is 27.1. The van der Waals surface area contributed by atoms with E-state index in [4.69, 9.17) is 14.4 Å². The molecule has 9 rings (SSSR count). The van der Waals surface area contributed by atoms with E-state index in [0.29, 0.717) is 5.56 Å². The minimum atomic E-state index is -0.0420. The zero-order valence-electron chi connectivity index (χ0n) is 25.6. The highest BCUT2D eigenvalue weighted by atomic mass is 16.3. The Balaban J connectivity index is 1.20. The summed E-state index contributed by atoms with van der Waals surface area (Å²) in [6.07, 6.45) is 6.76. The standard InChI is InChI=1S/C42H28N4O/c1-26-22-30(46-38-16-7-5-14-32(38)34-20-21-35-33-15-6-8-17-39(33)47-41(35)40(34)46)18-19-31(26)42-44-36(28-11-3-2-4-12-28)24-37(45-42)29-13-9-10-27(23-29)25-43/h2-24,26,31H,1H3. The Morgan fingerprint density at radius 2 is 1.43 bits per heavy atom. The molecule has 47 heavy (non-hydrogen) atoms. The van der Waals surface area contributed by atoms with E-state index in [0.717, 1.165) is 67.0 Å². The lowest BCUT2D eigenvalue weighted by molar-refractivity contribution is 0.603. The van der Waals surface area contributed by atoms with Crippen LogP contribution in [0, 0.1) is 17.2 Å². The number of rotatable bonds is 4. The zero-order valence-corrected chi connectivity index (χ0v) is 25.6. The minimum absolute atomic E-state index is 0.0420. The summed E-state index contributed by atoms with van der Waals surface area (Å²) in [4.78, 5) is 10.2. The van der Waals surface area contributed by atoms with Crippen LogP contribution in [-0.2, 0) is 0 Å². The molecule has 5 aromatic carbocycles. The van der Waals surface area contributed by atoms with Gasteiger partial charge in [-0.05, 0) is 48.4 Å². The largest absolute Gasteiger partial charge is 0.454 e. The van der Waals surface area contributed by atoms with Gasteiger partial charge in [0.2, 0.25) is 0 Å². The van der Waals surface area contributed by atoms with Crippen LogP contribution in [0.4, 0.5) is 0 Å². The Morgan fingerprint density at radius 1 is 0.702 bits per heavy atom. The van der Waals surface area contributed by atoms with Crippen molar-refractivity contribution in [3.8, 4) is 28.6 Å². The van der Waals surface area contributed by atoms with Crippen molar-refractivity contribution in [1.29, 1.82) is 5.26 Å². The van der Waals surface area contributed by atoms with Crippen LogP contribution in [-0.4, -0.2) is 14.5 Å². The van der Waals surface area contributed by atoms with Crippen LogP contribution in [0.25, 0.3) is 72.0 Å². The van der Waals surface area contributed by atoms with Gasteiger partial charge in [0.15, 0.2) is 5.58 Å². The lowest BCUT2D eigenvalue weighted by Crippen LogP contribution is -2.15. The predicted octanol–water partition coefficient (Wildman–Crippen LogP) is 10.5. The van der Waals surface area contributed by atoms with Crippen LogP contribution in [0.3, 0.4) is 0 Å². The summed E-state index contributed by atoms with van der Waals surface area (Å²) in [7, 11) is 0. The Bertz CT molecular complexity index is 2620. The molecule has 3 aromatic heterocycles. The maximum Gasteiger partial charge on any atom is 0.160 e. The Labute approximate surface area is 271 Å². The van der Waals surface area contributed by atoms with Gasteiger partial charge in [0.05, 0.1) is 34.1 Å². The minimum Gasteiger partial charge on any atom is -0.454 e. The fraction of sp³-hybridized carbons (Fsp3) is 0.0714. The molecular formula is C42H28N4O. The molecule has 0 fully saturated rings. The van der Waals surface area contributed by atoms with Crippen molar-refractivity contribution in [2.45, 2.75) is 12.8 Å². The molecule has 1 aliphatic carbocycles. The van der Waals surface area contributed by atoms with Gasteiger partial charge >= 0.3 is 0 Å². The highest BCUT2D eigenvalue weighted by Gasteiger charge is 2.26. The highest BCUT2D eigenvalue weighted by molar-refractivity contribution is 6.22. The molecule has 2 unspecified atom stereocenters. The van der Waals surface area contributed by atoms with Crippen LogP contribution in [0.5, 0.6) is 0 Å². The molecule has 5 nitrogen and oxygen atoms in total. The molecule has 5 heteroatoms. The number of fused-ring (bicyclic) bond motifs is 7. The van der Waals surface area contributed by atoms with E-state index < -0.39 is 0 Å². The van der Waals surface area contributed by atoms with Crippen LogP contribution in [0.2, 0.25) is 0 Å². The third-order valence-corrected chi connectivity index (χ3v) is 9.31. The van der Waals surface area contributed by atoms with Crippen LogP contribution in [0.1, 0.15) is 24.2 Å². The van der Waals surface area contributed by atoms with Crippen LogP contribution >= 0.6 is 0 Å². The fourth-order valence-electron chi connectivity index (χ4n) is 7.04. The van der Waals surface area contributed by atoms with E-state index in [2.05, 4.69) is 96.5 Å².